The van der Waals surface area contributed by atoms with Crippen LogP contribution in [0.4, 0.5) is 0 Å². The van der Waals surface area contributed by atoms with E-state index in [4.69, 9.17) is 9.47 Å². The van der Waals surface area contributed by atoms with E-state index in [1.165, 1.54) is 19.9 Å². The number of hydrogen-bond donors (Lipinski definition) is 0. The lowest BCUT2D eigenvalue weighted by Crippen LogP contribution is -2.20. The van der Waals surface area contributed by atoms with Crippen LogP contribution in [0.5, 0.6) is 0 Å². The number of aldehydes is 1. The van der Waals surface area contributed by atoms with E-state index in [-0.39, 0.29) is 0 Å². The fourth-order valence-corrected chi connectivity index (χ4v) is 1.08. The lowest BCUT2D eigenvalue weighted by molar-refractivity contribution is -0.176. The molecule has 0 amide bonds. The minimum atomic E-state index is -1.05. The molecule has 0 bridgehead atoms. The van der Waals surface area contributed by atoms with Crippen LogP contribution in [-0.2, 0) is 23.9 Å². The lowest BCUT2D eigenvalue weighted by atomic mass is 10.2. The van der Waals surface area contributed by atoms with E-state index in [2.05, 4.69) is 0 Å². The quantitative estimate of drug-likeness (QED) is 0.242. The highest BCUT2D eigenvalue weighted by molar-refractivity contribution is 5.72. The Hall–Kier alpha value is -2.17. The maximum atomic E-state index is 10.9. The zero-order valence-corrected chi connectivity index (χ0v) is 11.5. The summed E-state index contributed by atoms with van der Waals surface area (Å²) < 4.78 is 9.63. The largest absolute Gasteiger partial charge is 0.421 e. The topological polar surface area (TPSA) is 69.7 Å². The van der Waals surface area contributed by atoms with Crippen molar-refractivity contribution in [1.29, 1.82) is 0 Å². The molecule has 0 aromatic heterocycles. The third-order valence-electron chi connectivity index (χ3n) is 1.87. The molecular formula is C14H18O5. The lowest BCUT2D eigenvalue weighted by Gasteiger charge is -2.13. The Morgan fingerprint density at radius 3 is 1.89 bits per heavy atom. The second kappa shape index (κ2) is 8.85. The highest BCUT2D eigenvalue weighted by Gasteiger charge is 2.11. The van der Waals surface area contributed by atoms with Gasteiger partial charge in [-0.15, -0.1) is 0 Å². The highest BCUT2D eigenvalue weighted by atomic mass is 16.7. The molecule has 0 heterocycles. The van der Waals surface area contributed by atoms with Gasteiger partial charge < -0.3 is 9.47 Å². The van der Waals surface area contributed by atoms with E-state index >= 15 is 0 Å². The van der Waals surface area contributed by atoms with Crippen molar-refractivity contribution < 1.29 is 23.9 Å². The predicted octanol–water partition coefficient (Wildman–Crippen LogP) is 2.09. The molecular weight excluding hydrogens is 248 g/mol. The van der Waals surface area contributed by atoms with Gasteiger partial charge in [-0.05, 0) is 31.1 Å². The molecule has 0 fully saturated rings. The van der Waals surface area contributed by atoms with Gasteiger partial charge in [0.05, 0.1) is 0 Å². The van der Waals surface area contributed by atoms with Gasteiger partial charge in [0.1, 0.15) is 6.29 Å². The Labute approximate surface area is 112 Å². The van der Waals surface area contributed by atoms with Crippen molar-refractivity contribution in [2.45, 2.75) is 34.0 Å². The van der Waals surface area contributed by atoms with Gasteiger partial charge in [-0.1, -0.05) is 18.2 Å². The van der Waals surface area contributed by atoms with Crippen molar-refractivity contribution in [1.82, 2.24) is 0 Å². The molecule has 0 aromatic rings. The van der Waals surface area contributed by atoms with E-state index in [0.29, 0.717) is 5.57 Å². The average Bonchev–Trinajstić information content (AvgIpc) is 2.26. The summed E-state index contributed by atoms with van der Waals surface area (Å²) in [5.74, 6) is -1.09. The Morgan fingerprint density at radius 2 is 1.47 bits per heavy atom. The van der Waals surface area contributed by atoms with Crippen molar-refractivity contribution in [2.24, 2.45) is 0 Å². The number of ether oxygens (including phenoxy) is 2. The van der Waals surface area contributed by atoms with Crippen molar-refractivity contribution >= 4 is 18.2 Å². The summed E-state index contributed by atoms with van der Waals surface area (Å²) in [5.41, 5.74) is 1.31. The number of rotatable bonds is 6. The molecule has 104 valence electrons. The second-order valence-electron chi connectivity index (χ2n) is 3.89. The molecule has 0 aliphatic rings. The first-order chi connectivity index (χ1) is 8.85. The van der Waals surface area contributed by atoms with Gasteiger partial charge in [-0.3, -0.25) is 14.4 Å². The Bertz CT molecular complexity index is 413. The van der Waals surface area contributed by atoms with Gasteiger partial charge in [0.25, 0.3) is 6.29 Å². The maximum absolute atomic E-state index is 10.9. The predicted molar refractivity (Wildman–Crippen MR) is 70.0 cm³/mol. The van der Waals surface area contributed by atoms with Crippen molar-refractivity contribution in [2.75, 3.05) is 0 Å². The molecule has 5 heteroatoms. The summed E-state index contributed by atoms with van der Waals surface area (Å²) in [6.07, 6.45) is 6.20. The SMILES string of the molecule is CC(=O)OC(/C=C(C)/C=C/C=C(/C)C=O)OC(C)=O. The molecule has 0 atom stereocenters. The molecule has 0 rings (SSSR count). The van der Waals surface area contributed by atoms with Crippen LogP contribution >= 0.6 is 0 Å². The number of carbonyl (C=O) groups is 3. The van der Waals surface area contributed by atoms with E-state index in [1.807, 2.05) is 0 Å². The first kappa shape index (κ1) is 16.8. The summed E-state index contributed by atoms with van der Waals surface area (Å²) in [4.78, 5) is 32.1. The van der Waals surface area contributed by atoms with Crippen molar-refractivity contribution in [3.05, 3.63) is 35.5 Å². The highest BCUT2D eigenvalue weighted by Crippen LogP contribution is 2.05. The zero-order valence-electron chi connectivity index (χ0n) is 11.5. The van der Waals surface area contributed by atoms with Gasteiger partial charge in [-0.2, -0.15) is 0 Å². The number of hydrogen-bond acceptors (Lipinski definition) is 5. The van der Waals surface area contributed by atoms with E-state index in [9.17, 15) is 14.4 Å². The Morgan fingerprint density at radius 1 is 0.947 bits per heavy atom. The van der Waals surface area contributed by atoms with Crippen LogP contribution in [0.25, 0.3) is 0 Å². The van der Waals surface area contributed by atoms with Gasteiger partial charge in [0.15, 0.2) is 0 Å². The second-order valence-corrected chi connectivity index (χ2v) is 3.89. The molecule has 0 unspecified atom stereocenters. The fraction of sp³-hybridized carbons (Fsp3) is 0.357. The summed E-state index contributed by atoms with van der Waals surface area (Å²) in [6, 6.07) is 0. The van der Waals surface area contributed by atoms with Gasteiger partial charge in [0, 0.05) is 13.8 Å². The van der Waals surface area contributed by atoms with Crippen LogP contribution in [0.1, 0.15) is 27.7 Å². The number of carbonyl (C=O) groups excluding carboxylic acids is 3. The van der Waals surface area contributed by atoms with Crippen LogP contribution in [0.3, 0.4) is 0 Å². The monoisotopic (exact) mass is 266 g/mol. The van der Waals surface area contributed by atoms with E-state index in [0.717, 1.165) is 11.9 Å². The summed E-state index contributed by atoms with van der Waals surface area (Å²) in [7, 11) is 0. The fourth-order valence-electron chi connectivity index (χ4n) is 1.08. The molecule has 0 aromatic carbocycles. The van der Waals surface area contributed by atoms with Crippen LogP contribution in [-0.4, -0.2) is 24.5 Å². The Balaban J connectivity index is 4.76. The zero-order chi connectivity index (χ0) is 14.8. The van der Waals surface area contributed by atoms with Crippen LogP contribution in [0.2, 0.25) is 0 Å². The summed E-state index contributed by atoms with van der Waals surface area (Å²) in [6.45, 7) is 5.88. The third-order valence-corrected chi connectivity index (χ3v) is 1.87. The molecule has 0 spiro atoms. The van der Waals surface area contributed by atoms with Gasteiger partial charge >= 0.3 is 11.9 Å². The van der Waals surface area contributed by atoms with Crippen molar-refractivity contribution in [3.63, 3.8) is 0 Å². The van der Waals surface area contributed by atoms with Crippen LogP contribution < -0.4 is 0 Å². The summed E-state index contributed by atoms with van der Waals surface area (Å²) >= 11 is 0. The first-order valence-electron chi connectivity index (χ1n) is 5.68. The molecule has 0 saturated carbocycles. The minimum Gasteiger partial charge on any atom is -0.421 e. The van der Waals surface area contributed by atoms with Crippen molar-refractivity contribution in [3.8, 4) is 0 Å². The van der Waals surface area contributed by atoms with E-state index in [1.54, 1.807) is 32.1 Å². The normalized spacial score (nSPS) is 12.7. The molecule has 0 aliphatic heterocycles. The van der Waals surface area contributed by atoms with Gasteiger partial charge in [-0.25, -0.2) is 0 Å². The summed E-state index contributed by atoms with van der Waals surface area (Å²) in [5, 5.41) is 0. The maximum Gasteiger partial charge on any atom is 0.305 e. The number of esters is 2. The molecule has 19 heavy (non-hydrogen) atoms. The minimum absolute atomic E-state index is 0.545. The first-order valence-corrected chi connectivity index (χ1v) is 5.68. The molecule has 0 aliphatic carbocycles. The molecule has 0 saturated heterocycles. The standard InChI is InChI=1S/C14H18O5/c1-10(6-5-7-11(2)9-15)8-14(18-12(3)16)19-13(4)17/h5-9,14H,1-4H3/b6-5+,10-8+,11-7-. The van der Waals surface area contributed by atoms with Crippen LogP contribution in [0.15, 0.2) is 35.5 Å². The average molecular weight is 266 g/mol. The third kappa shape index (κ3) is 9.52. The van der Waals surface area contributed by atoms with E-state index < -0.39 is 18.2 Å². The molecule has 5 nitrogen and oxygen atoms in total. The Kier molecular flexibility index (Phi) is 7.84. The molecule has 0 N–H and O–H groups in total. The van der Waals surface area contributed by atoms with Gasteiger partial charge in [0.2, 0.25) is 0 Å². The number of allylic oxidation sites excluding steroid dienone is 5. The van der Waals surface area contributed by atoms with Crippen LogP contribution in [0, 0.1) is 0 Å². The molecule has 0 radical (unpaired) electrons. The smallest absolute Gasteiger partial charge is 0.305 e.